The summed E-state index contributed by atoms with van der Waals surface area (Å²) in [6, 6.07) is 16.0. The topological polar surface area (TPSA) is 98.5 Å². The molecule has 3 aromatic rings. The quantitative estimate of drug-likeness (QED) is 0.653. The van der Waals surface area contributed by atoms with Crippen LogP contribution in [0.25, 0.3) is 11.5 Å². The van der Waals surface area contributed by atoms with Crippen molar-refractivity contribution in [2.75, 3.05) is 23.9 Å². The van der Waals surface area contributed by atoms with Crippen LogP contribution < -0.4 is 10.1 Å². The summed E-state index contributed by atoms with van der Waals surface area (Å²) in [6.07, 6.45) is 1.15. The maximum absolute atomic E-state index is 12.6. The molecule has 0 atom stereocenters. The molecule has 0 radical (unpaired) electrons. The Kier molecular flexibility index (Phi) is 5.79. The van der Waals surface area contributed by atoms with Gasteiger partial charge in [-0.3, -0.25) is 4.79 Å². The molecule has 8 heteroatoms. The van der Waals surface area contributed by atoms with Gasteiger partial charge < -0.3 is 14.5 Å². The minimum Gasteiger partial charge on any atom is -0.492 e. The smallest absolute Gasteiger partial charge is 0.277 e. The van der Waals surface area contributed by atoms with Crippen molar-refractivity contribution in [3.8, 4) is 17.2 Å². The van der Waals surface area contributed by atoms with Crippen LogP contribution in [0.5, 0.6) is 5.75 Å². The predicted octanol–water partition coefficient (Wildman–Crippen LogP) is 3.33. The fraction of sp³-hybridized carbons (Fsp3) is 0.200. The highest BCUT2D eigenvalue weighted by atomic mass is 32.2. The number of nitrogens with one attached hydrogen (secondary N) is 1. The lowest BCUT2D eigenvalue weighted by atomic mass is 10.2. The summed E-state index contributed by atoms with van der Waals surface area (Å²) in [5.41, 5.74) is 1.48. The van der Waals surface area contributed by atoms with E-state index in [9.17, 15) is 13.2 Å². The fourth-order valence-electron chi connectivity index (χ4n) is 2.48. The number of hydrogen-bond acceptors (Lipinski definition) is 6. The lowest BCUT2D eigenvalue weighted by Crippen LogP contribution is -2.14. The average molecular weight is 400 g/mol. The molecule has 7 nitrogen and oxygen atoms in total. The van der Waals surface area contributed by atoms with Gasteiger partial charge in [-0.25, -0.2) is 13.4 Å². The molecule has 0 saturated carbocycles. The lowest BCUT2D eigenvalue weighted by Gasteiger charge is -2.08. The van der Waals surface area contributed by atoms with Crippen LogP contribution in [-0.2, 0) is 9.84 Å². The van der Waals surface area contributed by atoms with Gasteiger partial charge in [-0.1, -0.05) is 24.3 Å². The fourth-order valence-corrected chi connectivity index (χ4v) is 2.86. The Balaban J connectivity index is 1.70. The van der Waals surface area contributed by atoms with E-state index in [1.165, 1.54) is 0 Å². The molecule has 1 amide bonds. The number of nitrogens with zero attached hydrogens (tertiary/aromatic N) is 1. The van der Waals surface area contributed by atoms with Crippen molar-refractivity contribution < 1.29 is 22.4 Å². The van der Waals surface area contributed by atoms with Crippen molar-refractivity contribution in [1.82, 2.24) is 4.98 Å². The summed E-state index contributed by atoms with van der Waals surface area (Å²) >= 11 is 0. The van der Waals surface area contributed by atoms with Gasteiger partial charge in [-0.2, -0.15) is 0 Å². The van der Waals surface area contributed by atoms with E-state index in [1.54, 1.807) is 31.2 Å². The molecule has 0 unspecified atom stereocenters. The molecule has 0 saturated heterocycles. The molecule has 1 N–H and O–H groups in total. The van der Waals surface area contributed by atoms with E-state index < -0.39 is 15.7 Å². The number of carbonyl (C=O) groups is 1. The SMILES string of the molecule is Cc1oc(-c2ccccc2)nc1C(=O)Nc1cccc(OCCS(C)(=O)=O)c1. The highest BCUT2D eigenvalue weighted by Gasteiger charge is 2.18. The number of rotatable bonds is 7. The van der Waals surface area contributed by atoms with Crippen LogP contribution in [0.4, 0.5) is 5.69 Å². The molecule has 1 heterocycles. The van der Waals surface area contributed by atoms with E-state index in [2.05, 4.69) is 10.3 Å². The van der Waals surface area contributed by atoms with Crippen molar-refractivity contribution in [3.05, 3.63) is 66.1 Å². The van der Waals surface area contributed by atoms with Crippen LogP contribution >= 0.6 is 0 Å². The zero-order valence-electron chi connectivity index (χ0n) is 15.5. The number of oxazole rings is 1. The number of carbonyl (C=O) groups excluding carboxylic acids is 1. The molecule has 0 bridgehead atoms. The summed E-state index contributed by atoms with van der Waals surface area (Å²) in [4.78, 5) is 16.9. The minimum absolute atomic E-state index is 0.0407. The van der Waals surface area contributed by atoms with Gasteiger partial charge in [0.15, 0.2) is 15.5 Å². The van der Waals surface area contributed by atoms with E-state index in [1.807, 2.05) is 30.3 Å². The lowest BCUT2D eigenvalue weighted by molar-refractivity contribution is 0.102. The van der Waals surface area contributed by atoms with Gasteiger partial charge in [0.25, 0.3) is 5.91 Å². The predicted molar refractivity (Wildman–Crippen MR) is 106 cm³/mol. The number of amides is 1. The molecule has 0 aliphatic rings. The number of aryl methyl sites for hydroxylation is 1. The summed E-state index contributed by atoms with van der Waals surface area (Å²) in [5, 5.41) is 2.75. The van der Waals surface area contributed by atoms with Crippen molar-refractivity contribution in [2.24, 2.45) is 0 Å². The number of benzene rings is 2. The van der Waals surface area contributed by atoms with Crippen LogP contribution in [0, 0.1) is 6.92 Å². The van der Waals surface area contributed by atoms with Crippen molar-refractivity contribution in [3.63, 3.8) is 0 Å². The van der Waals surface area contributed by atoms with Gasteiger partial charge in [0, 0.05) is 23.6 Å². The third kappa shape index (κ3) is 5.20. The highest BCUT2D eigenvalue weighted by Crippen LogP contribution is 2.23. The van der Waals surface area contributed by atoms with Crippen molar-refractivity contribution in [2.45, 2.75) is 6.92 Å². The van der Waals surface area contributed by atoms with E-state index in [0.29, 0.717) is 23.1 Å². The first-order chi connectivity index (χ1) is 13.3. The van der Waals surface area contributed by atoms with Gasteiger partial charge >= 0.3 is 0 Å². The van der Waals surface area contributed by atoms with Gasteiger partial charge in [0.05, 0.1) is 5.75 Å². The molecule has 0 aliphatic carbocycles. The molecule has 2 aromatic carbocycles. The molecule has 0 spiro atoms. The third-order valence-electron chi connectivity index (χ3n) is 3.85. The second-order valence-electron chi connectivity index (χ2n) is 6.25. The van der Waals surface area contributed by atoms with Crippen LogP contribution in [0.15, 0.2) is 59.0 Å². The van der Waals surface area contributed by atoms with Crippen molar-refractivity contribution in [1.29, 1.82) is 0 Å². The minimum atomic E-state index is -3.10. The number of ether oxygens (including phenoxy) is 1. The summed E-state index contributed by atoms with van der Waals surface area (Å²) < 4.78 is 33.4. The summed E-state index contributed by atoms with van der Waals surface area (Å²) in [5.74, 6) is 0.766. The first-order valence-electron chi connectivity index (χ1n) is 8.56. The molecule has 0 fully saturated rings. The van der Waals surface area contributed by atoms with Gasteiger partial charge in [0.2, 0.25) is 5.89 Å². The van der Waals surface area contributed by atoms with Gasteiger partial charge in [-0.15, -0.1) is 0 Å². The Morgan fingerprint density at radius 1 is 1.14 bits per heavy atom. The zero-order chi connectivity index (χ0) is 20.1. The second-order valence-corrected chi connectivity index (χ2v) is 8.51. The van der Waals surface area contributed by atoms with Crippen LogP contribution in [0.3, 0.4) is 0 Å². The molecule has 1 aromatic heterocycles. The van der Waals surface area contributed by atoms with Crippen LogP contribution in [0.1, 0.15) is 16.2 Å². The first-order valence-corrected chi connectivity index (χ1v) is 10.6. The summed E-state index contributed by atoms with van der Waals surface area (Å²) in [7, 11) is -3.10. The molecule has 0 aliphatic heterocycles. The number of anilines is 1. The largest absolute Gasteiger partial charge is 0.492 e. The number of aromatic nitrogens is 1. The Morgan fingerprint density at radius 3 is 2.61 bits per heavy atom. The first kappa shape index (κ1) is 19.6. The Bertz CT molecular complexity index is 1070. The van der Waals surface area contributed by atoms with E-state index in [0.717, 1.165) is 11.8 Å². The number of sulfone groups is 1. The third-order valence-corrected chi connectivity index (χ3v) is 4.76. The van der Waals surface area contributed by atoms with Crippen molar-refractivity contribution >= 4 is 21.4 Å². The molecule has 28 heavy (non-hydrogen) atoms. The van der Waals surface area contributed by atoms with Gasteiger partial charge in [0.1, 0.15) is 18.1 Å². The Labute approximate surface area is 163 Å². The zero-order valence-corrected chi connectivity index (χ0v) is 16.3. The average Bonchev–Trinajstić information content (AvgIpc) is 3.04. The monoisotopic (exact) mass is 400 g/mol. The van der Waals surface area contributed by atoms with Crippen LogP contribution in [-0.4, -0.2) is 37.9 Å². The maximum atomic E-state index is 12.6. The van der Waals surface area contributed by atoms with E-state index in [-0.39, 0.29) is 18.1 Å². The Hall–Kier alpha value is -3.13. The van der Waals surface area contributed by atoms with Gasteiger partial charge in [-0.05, 0) is 31.2 Å². The molecule has 3 rings (SSSR count). The highest BCUT2D eigenvalue weighted by molar-refractivity contribution is 7.90. The second kappa shape index (κ2) is 8.26. The molecular formula is C20H20N2O5S. The number of hydrogen-bond donors (Lipinski definition) is 1. The maximum Gasteiger partial charge on any atom is 0.277 e. The molecular weight excluding hydrogens is 380 g/mol. The normalized spacial score (nSPS) is 11.2. The standard InChI is InChI=1S/C20H20N2O5S/c1-14-18(22-20(27-14)15-7-4-3-5-8-15)19(23)21-16-9-6-10-17(13-16)26-11-12-28(2,24)25/h3-10,13H,11-12H2,1-2H3,(H,21,23). The Morgan fingerprint density at radius 2 is 1.89 bits per heavy atom. The van der Waals surface area contributed by atoms with E-state index >= 15 is 0 Å². The van der Waals surface area contributed by atoms with Crippen LogP contribution in [0.2, 0.25) is 0 Å². The molecule has 146 valence electrons. The van der Waals surface area contributed by atoms with E-state index in [4.69, 9.17) is 9.15 Å². The summed E-state index contributed by atoms with van der Waals surface area (Å²) in [6.45, 7) is 1.72.